The third kappa shape index (κ3) is 3.21. The number of nitrogens with one attached hydrogen (secondary N) is 1. The summed E-state index contributed by atoms with van der Waals surface area (Å²) in [5, 5.41) is 2.93. The number of para-hydroxylation sites is 1. The normalized spacial score (nSPS) is 10.4. The van der Waals surface area contributed by atoms with E-state index >= 15 is 0 Å². The summed E-state index contributed by atoms with van der Waals surface area (Å²) in [6.45, 7) is 0. The maximum absolute atomic E-state index is 13.6. The van der Waals surface area contributed by atoms with Gasteiger partial charge in [-0.2, -0.15) is 15.0 Å². The molecule has 0 amide bonds. The van der Waals surface area contributed by atoms with Crippen LogP contribution in [0.4, 0.5) is 22.0 Å². The predicted molar refractivity (Wildman–Crippen MR) is 73.9 cm³/mol. The zero-order chi connectivity index (χ0) is 14.0. The minimum Gasteiger partial charge on any atom is -0.347 e. The van der Waals surface area contributed by atoms with Gasteiger partial charge in [0.2, 0.25) is 17.2 Å². The molecular formula is C11H10Cl2FN5. The summed E-state index contributed by atoms with van der Waals surface area (Å²) < 4.78 is 13.6. The van der Waals surface area contributed by atoms with E-state index in [0.29, 0.717) is 5.95 Å². The number of nitrogens with zero attached hydrogens (tertiary/aromatic N) is 4. The van der Waals surface area contributed by atoms with Crippen LogP contribution in [0.2, 0.25) is 10.3 Å². The molecule has 0 aliphatic heterocycles. The summed E-state index contributed by atoms with van der Waals surface area (Å²) >= 11 is 11.7. The van der Waals surface area contributed by atoms with Crippen molar-refractivity contribution in [1.82, 2.24) is 15.0 Å². The van der Waals surface area contributed by atoms with Gasteiger partial charge in [0.15, 0.2) is 0 Å². The van der Waals surface area contributed by atoms with Gasteiger partial charge in [-0.15, -0.1) is 0 Å². The second-order valence-corrected chi connectivity index (χ2v) is 4.59. The monoisotopic (exact) mass is 301 g/mol. The first kappa shape index (κ1) is 13.8. The molecule has 1 aromatic heterocycles. The van der Waals surface area contributed by atoms with Crippen molar-refractivity contribution >= 4 is 40.8 Å². The Hall–Kier alpha value is -1.66. The quantitative estimate of drug-likeness (QED) is 0.944. The molecule has 1 aromatic carbocycles. The summed E-state index contributed by atoms with van der Waals surface area (Å²) in [6, 6.07) is 4.35. The van der Waals surface area contributed by atoms with Crippen LogP contribution in [0.1, 0.15) is 0 Å². The van der Waals surface area contributed by atoms with Gasteiger partial charge in [-0.25, -0.2) is 4.39 Å². The standard InChI is InChI=1S/C11H10Cl2FN5/c1-19(2)11-17-9(13)16-10(18-11)15-8-6(12)4-3-5-7(8)14/h3-5H,1-2H3,(H,15,16,17,18). The molecule has 8 heteroatoms. The fourth-order valence-electron chi connectivity index (χ4n) is 1.32. The summed E-state index contributed by atoms with van der Waals surface area (Å²) in [6.07, 6.45) is 0. The minimum absolute atomic E-state index is 0.00802. The molecule has 0 radical (unpaired) electrons. The molecule has 2 rings (SSSR count). The van der Waals surface area contributed by atoms with E-state index < -0.39 is 5.82 Å². The lowest BCUT2D eigenvalue weighted by atomic mass is 10.3. The van der Waals surface area contributed by atoms with Crippen LogP contribution in [0.5, 0.6) is 0 Å². The van der Waals surface area contributed by atoms with Gasteiger partial charge in [0.25, 0.3) is 0 Å². The average Bonchev–Trinajstić information content (AvgIpc) is 2.33. The smallest absolute Gasteiger partial charge is 0.233 e. The number of hydrogen-bond donors (Lipinski definition) is 1. The number of aromatic nitrogens is 3. The van der Waals surface area contributed by atoms with Crippen molar-refractivity contribution < 1.29 is 4.39 Å². The van der Waals surface area contributed by atoms with Crippen LogP contribution >= 0.6 is 23.2 Å². The Labute approximate surface area is 119 Å². The Morgan fingerprint density at radius 1 is 1.16 bits per heavy atom. The molecule has 0 unspecified atom stereocenters. The number of anilines is 3. The third-order valence-corrected chi connectivity index (χ3v) is 2.68. The summed E-state index contributed by atoms with van der Waals surface area (Å²) in [5.41, 5.74) is 0.0936. The van der Waals surface area contributed by atoms with Crippen molar-refractivity contribution in [2.24, 2.45) is 0 Å². The molecular weight excluding hydrogens is 292 g/mol. The molecule has 19 heavy (non-hydrogen) atoms. The van der Waals surface area contributed by atoms with Crippen molar-refractivity contribution in [2.45, 2.75) is 0 Å². The van der Waals surface area contributed by atoms with Crippen molar-refractivity contribution in [1.29, 1.82) is 0 Å². The molecule has 0 bridgehead atoms. The number of halogens is 3. The van der Waals surface area contributed by atoms with Crippen LogP contribution in [-0.2, 0) is 0 Å². The van der Waals surface area contributed by atoms with E-state index in [4.69, 9.17) is 23.2 Å². The van der Waals surface area contributed by atoms with E-state index in [-0.39, 0.29) is 21.9 Å². The van der Waals surface area contributed by atoms with Gasteiger partial charge in [0, 0.05) is 14.1 Å². The van der Waals surface area contributed by atoms with Gasteiger partial charge in [0.05, 0.1) is 10.7 Å². The molecule has 0 spiro atoms. The van der Waals surface area contributed by atoms with E-state index in [1.165, 1.54) is 12.1 Å². The Morgan fingerprint density at radius 3 is 2.53 bits per heavy atom. The highest BCUT2D eigenvalue weighted by Gasteiger charge is 2.11. The Morgan fingerprint density at radius 2 is 1.89 bits per heavy atom. The van der Waals surface area contributed by atoms with Crippen LogP contribution in [0, 0.1) is 5.82 Å². The van der Waals surface area contributed by atoms with Crippen LogP contribution in [0.15, 0.2) is 18.2 Å². The molecule has 1 heterocycles. The Bertz CT molecular complexity index is 585. The molecule has 2 aromatic rings. The van der Waals surface area contributed by atoms with Gasteiger partial charge in [0.1, 0.15) is 5.82 Å². The third-order valence-electron chi connectivity index (χ3n) is 2.20. The van der Waals surface area contributed by atoms with E-state index in [1.807, 2.05) is 0 Å². The lowest BCUT2D eigenvalue weighted by molar-refractivity contribution is 0.631. The number of benzene rings is 1. The van der Waals surface area contributed by atoms with Crippen molar-refractivity contribution in [2.75, 3.05) is 24.3 Å². The van der Waals surface area contributed by atoms with E-state index in [9.17, 15) is 4.39 Å². The fourth-order valence-corrected chi connectivity index (χ4v) is 1.69. The highest BCUT2D eigenvalue weighted by Crippen LogP contribution is 2.27. The molecule has 0 atom stereocenters. The molecule has 0 aliphatic carbocycles. The predicted octanol–water partition coefficient (Wildman–Crippen LogP) is 3.13. The lowest BCUT2D eigenvalue weighted by Gasteiger charge is -2.12. The largest absolute Gasteiger partial charge is 0.347 e. The number of hydrogen-bond acceptors (Lipinski definition) is 5. The van der Waals surface area contributed by atoms with Gasteiger partial charge < -0.3 is 10.2 Å². The first-order valence-electron chi connectivity index (χ1n) is 5.27. The Kier molecular flexibility index (Phi) is 4.01. The van der Waals surface area contributed by atoms with Gasteiger partial charge in [-0.3, -0.25) is 0 Å². The topological polar surface area (TPSA) is 53.9 Å². The second kappa shape index (κ2) is 5.54. The van der Waals surface area contributed by atoms with Crippen molar-refractivity contribution in [3.05, 3.63) is 34.3 Å². The zero-order valence-corrected chi connectivity index (χ0v) is 11.7. The molecule has 1 N–H and O–H groups in total. The summed E-state index contributed by atoms with van der Waals surface area (Å²) in [7, 11) is 3.51. The SMILES string of the molecule is CN(C)c1nc(Cl)nc(Nc2c(F)cccc2Cl)n1. The molecule has 100 valence electrons. The molecule has 5 nitrogen and oxygen atoms in total. The second-order valence-electron chi connectivity index (χ2n) is 3.84. The molecule has 0 fully saturated rings. The maximum Gasteiger partial charge on any atom is 0.233 e. The van der Waals surface area contributed by atoms with Crippen LogP contribution in [-0.4, -0.2) is 29.0 Å². The molecule has 0 saturated carbocycles. The first-order chi connectivity index (χ1) is 8.97. The van der Waals surface area contributed by atoms with Crippen LogP contribution in [0.3, 0.4) is 0 Å². The average molecular weight is 302 g/mol. The highest BCUT2D eigenvalue weighted by molar-refractivity contribution is 6.33. The summed E-state index contributed by atoms with van der Waals surface area (Å²) in [4.78, 5) is 13.5. The van der Waals surface area contributed by atoms with Gasteiger partial charge >= 0.3 is 0 Å². The molecule has 0 saturated heterocycles. The molecule has 0 aliphatic rings. The van der Waals surface area contributed by atoms with Crippen LogP contribution in [0.25, 0.3) is 0 Å². The van der Waals surface area contributed by atoms with Gasteiger partial charge in [-0.1, -0.05) is 17.7 Å². The fraction of sp³-hybridized carbons (Fsp3) is 0.182. The first-order valence-corrected chi connectivity index (χ1v) is 6.03. The van der Waals surface area contributed by atoms with Gasteiger partial charge in [-0.05, 0) is 23.7 Å². The van der Waals surface area contributed by atoms with Crippen molar-refractivity contribution in [3.8, 4) is 0 Å². The van der Waals surface area contributed by atoms with Crippen LogP contribution < -0.4 is 10.2 Å². The van der Waals surface area contributed by atoms with E-state index in [1.54, 1.807) is 25.1 Å². The lowest BCUT2D eigenvalue weighted by Crippen LogP contribution is -2.14. The minimum atomic E-state index is -0.504. The summed E-state index contributed by atoms with van der Waals surface area (Å²) in [5.74, 6) is -0.0268. The van der Waals surface area contributed by atoms with E-state index in [2.05, 4.69) is 20.3 Å². The Balaban J connectivity index is 2.38. The highest BCUT2D eigenvalue weighted by atomic mass is 35.5. The maximum atomic E-state index is 13.6. The van der Waals surface area contributed by atoms with E-state index in [0.717, 1.165) is 0 Å². The zero-order valence-electron chi connectivity index (χ0n) is 10.2. The van der Waals surface area contributed by atoms with Crippen molar-refractivity contribution in [3.63, 3.8) is 0 Å². The number of rotatable bonds is 3.